The van der Waals surface area contributed by atoms with E-state index in [-0.39, 0.29) is 11.7 Å². The molecule has 0 radical (unpaired) electrons. The van der Waals surface area contributed by atoms with Crippen LogP contribution in [0.4, 0.5) is 0 Å². The molecule has 1 atom stereocenters. The van der Waals surface area contributed by atoms with Crippen LogP contribution in [0.15, 0.2) is 24.3 Å². The molecule has 7 nitrogen and oxygen atoms in total. The molecule has 1 aliphatic heterocycles. The Morgan fingerprint density at radius 2 is 2.33 bits per heavy atom. The van der Waals surface area contributed by atoms with Crippen molar-refractivity contribution in [2.45, 2.75) is 25.8 Å². The van der Waals surface area contributed by atoms with Gasteiger partial charge in [-0.3, -0.25) is 0 Å². The molecule has 7 heteroatoms. The Bertz CT molecular complexity index is 641. The zero-order valence-electron chi connectivity index (χ0n) is 11.7. The van der Waals surface area contributed by atoms with Crippen molar-refractivity contribution < 1.29 is 14.3 Å². The third kappa shape index (κ3) is 2.72. The van der Waals surface area contributed by atoms with E-state index in [4.69, 9.17) is 9.47 Å². The monoisotopic (exact) mass is 288 g/mol. The number of tetrazole rings is 1. The predicted octanol–water partition coefficient (Wildman–Crippen LogP) is 1.42. The van der Waals surface area contributed by atoms with Crippen LogP contribution in [0.5, 0.6) is 5.75 Å². The second kappa shape index (κ2) is 5.90. The Balaban J connectivity index is 1.82. The summed E-state index contributed by atoms with van der Waals surface area (Å²) in [4.78, 5) is 11.8. The number of carbonyl (C=O) groups is 1. The summed E-state index contributed by atoms with van der Waals surface area (Å²) in [6.07, 6.45) is 0.860. The predicted molar refractivity (Wildman–Crippen MR) is 73.1 cm³/mol. The Kier molecular flexibility index (Phi) is 3.81. The molecule has 1 aliphatic rings. The molecule has 0 spiro atoms. The number of fused-ring (bicyclic) bond motifs is 1. The highest BCUT2D eigenvalue weighted by Gasteiger charge is 2.25. The zero-order chi connectivity index (χ0) is 14.7. The van der Waals surface area contributed by atoms with Gasteiger partial charge in [0.1, 0.15) is 5.75 Å². The standard InChI is InChI=1S/C14H16N4O3/c1-2-20-14(19)13-15-16-17-18(13)9-10-7-8-21-12-6-4-3-5-11(10)12/h3-6,10H,2,7-9H2,1H3. The number of rotatable bonds is 4. The van der Waals surface area contributed by atoms with Crippen molar-refractivity contribution in [1.82, 2.24) is 20.2 Å². The molecule has 0 bridgehead atoms. The molecule has 0 saturated heterocycles. The minimum Gasteiger partial charge on any atom is -0.493 e. The van der Waals surface area contributed by atoms with Crippen LogP contribution in [0, 0.1) is 0 Å². The van der Waals surface area contributed by atoms with Crippen LogP contribution in [0.2, 0.25) is 0 Å². The summed E-state index contributed by atoms with van der Waals surface area (Å²) in [5.41, 5.74) is 1.12. The van der Waals surface area contributed by atoms with Crippen molar-refractivity contribution in [2.75, 3.05) is 13.2 Å². The minimum atomic E-state index is -0.497. The highest BCUT2D eigenvalue weighted by molar-refractivity contribution is 5.85. The first kappa shape index (κ1) is 13.5. The van der Waals surface area contributed by atoms with Gasteiger partial charge in [-0.15, -0.1) is 5.10 Å². The van der Waals surface area contributed by atoms with Crippen LogP contribution < -0.4 is 4.74 Å². The van der Waals surface area contributed by atoms with E-state index in [0.29, 0.717) is 19.8 Å². The number of ether oxygens (including phenoxy) is 2. The lowest BCUT2D eigenvalue weighted by atomic mass is 9.93. The largest absolute Gasteiger partial charge is 0.493 e. The third-order valence-corrected chi connectivity index (χ3v) is 3.47. The molecule has 110 valence electrons. The Hall–Kier alpha value is -2.44. The van der Waals surface area contributed by atoms with E-state index in [1.165, 1.54) is 4.68 Å². The summed E-state index contributed by atoms with van der Waals surface area (Å²) >= 11 is 0. The van der Waals surface area contributed by atoms with E-state index in [0.717, 1.165) is 17.7 Å². The molecular formula is C14H16N4O3. The molecule has 21 heavy (non-hydrogen) atoms. The molecule has 0 fully saturated rings. The first-order valence-corrected chi connectivity index (χ1v) is 6.94. The normalized spacial score (nSPS) is 16.9. The van der Waals surface area contributed by atoms with Gasteiger partial charge >= 0.3 is 5.97 Å². The van der Waals surface area contributed by atoms with Crippen molar-refractivity contribution in [3.05, 3.63) is 35.7 Å². The maximum absolute atomic E-state index is 11.8. The average molecular weight is 288 g/mol. The van der Waals surface area contributed by atoms with Crippen molar-refractivity contribution >= 4 is 5.97 Å². The first-order chi connectivity index (χ1) is 10.3. The van der Waals surface area contributed by atoms with Crippen LogP contribution >= 0.6 is 0 Å². The fraction of sp³-hybridized carbons (Fsp3) is 0.429. The summed E-state index contributed by atoms with van der Waals surface area (Å²) in [5.74, 6) is 0.745. The van der Waals surface area contributed by atoms with E-state index >= 15 is 0 Å². The number of hydrogen-bond acceptors (Lipinski definition) is 6. The quantitative estimate of drug-likeness (QED) is 0.792. The lowest BCUT2D eigenvalue weighted by Gasteiger charge is -2.25. The number of hydrogen-bond donors (Lipinski definition) is 0. The molecule has 0 saturated carbocycles. The molecule has 2 aromatic rings. The third-order valence-electron chi connectivity index (χ3n) is 3.47. The molecule has 1 aromatic heterocycles. The van der Waals surface area contributed by atoms with E-state index < -0.39 is 5.97 Å². The fourth-order valence-corrected chi connectivity index (χ4v) is 2.48. The number of para-hydroxylation sites is 1. The van der Waals surface area contributed by atoms with Gasteiger partial charge in [0.15, 0.2) is 0 Å². The number of nitrogens with zero attached hydrogens (tertiary/aromatic N) is 4. The highest BCUT2D eigenvalue weighted by Crippen LogP contribution is 2.34. The lowest BCUT2D eigenvalue weighted by Crippen LogP contribution is -2.22. The van der Waals surface area contributed by atoms with Gasteiger partial charge in [-0.1, -0.05) is 18.2 Å². The number of benzene rings is 1. The fourth-order valence-electron chi connectivity index (χ4n) is 2.48. The topological polar surface area (TPSA) is 79.1 Å². The van der Waals surface area contributed by atoms with Gasteiger partial charge in [-0.2, -0.15) is 0 Å². The minimum absolute atomic E-state index is 0.140. The lowest BCUT2D eigenvalue weighted by molar-refractivity contribution is 0.0503. The molecule has 0 aliphatic carbocycles. The molecular weight excluding hydrogens is 272 g/mol. The first-order valence-electron chi connectivity index (χ1n) is 6.94. The van der Waals surface area contributed by atoms with Gasteiger partial charge in [-0.25, -0.2) is 9.48 Å². The Labute approximate surface area is 121 Å². The SMILES string of the molecule is CCOC(=O)c1nnnn1CC1CCOc2ccccc21. The van der Waals surface area contributed by atoms with Gasteiger partial charge in [0.2, 0.25) is 0 Å². The summed E-state index contributed by atoms with van der Waals surface area (Å²) in [6, 6.07) is 7.91. The molecule has 1 aromatic carbocycles. The molecule has 2 heterocycles. The van der Waals surface area contributed by atoms with Crippen molar-refractivity contribution in [1.29, 1.82) is 0 Å². The van der Waals surface area contributed by atoms with E-state index in [1.807, 2.05) is 24.3 Å². The van der Waals surface area contributed by atoms with Crippen LogP contribution in [0.1, 0.15) is 35.4 Å². The maximum atomic E-state index is 11.8. The smallest absolute Gasteiger partial charge is 0.378 e. The van der Waals surface area contributed by atoms with E-state index in [9.17, 15) is 4.79 Å². The van der Waals surface area contributed by atoms with Crippen molar-refractivity contribution in [2.24, 2.45) is 0 Å². The molecule has 0 amide bonds. The zero-order valence-corrected chi connectivity index (χ0v) is 11.7. The van der Waals surface area contributed by atoms with E-state index in [2.05, 4.69) is 15.5 Å². The van der Waals surface area contributed by atoms with Crippen molar-refractivity contribution in [3.63, 3.8) is 0 Å². The number of esters is 1. The van der Waals surface area contributed by atoms with E-state index in [1.54, 1.807) is 6.92 Å². The van der Waals surface area contributed by atoms with Crippen LogP contribution in [0.3, 0.4) is 0 Å². The number of aromatic nitrogens is 4. The summed E-state index contributed by atoms with van der Waals surface area (Å²) in [6.45, 7) is 3.23. The van der Waals surface area contributed by atoms with Gasteiger partial charge in [0.05, 0.1) is 19.8 Å². The second-order valence-corrected chi connectivity index (χ2v) is 4.78. The maximum Gasteiger partial charge on any atom is 0.378 e. The van der Waals surface area contributed by atoms with Crippen LogP contribution in [-0.4, -0.2) is 39.4 Å². The average Bonchev–Trinajstić information content (AvgIpc) is 2.96. The molecule has 1 unspecified atom stereocenters. The molecule has 3 rings (SSSR count). The van der Waals surface area contributed by atoms with Crippen LogP contribution in [-0.2, 0) is 11.3 Å². The molecule has 0 N–H and O–H groups in total. The highest BCUT2D eigenvalue weighted by atomic mass is 16.5. The summed E-state index contributed by atoms with van der Waals surface area (Å²) < 4.78 is 12.1. The van der Waals surface area contributed by atoms with Crippen molar-refractivity contribution in [3.8, 4) is 5.75 Å². The Morgan fingerprint density at radius 3 is 3.19 bits per heavy atom. The van der Waals surface area contributed by atoms with Crippen LogP contribution in [0.25, 0.3) is 0 Å². The second-order valence-electron chi connectivity index (χ2n) is 4.78. The van der Waals surface area contributed by atoms with Gasteiger partial charge in [0, 0.05) is 5.92 Å². The number of carbonyl (C=O) groups excluding carboxylic acids is 1. The summed E-state index contributed by atoms with van der Waals surface area (Å²) in [7, 11) is 0. The van der Waals surface area contributed by atoms with Gasteiger partial charge < -0.3 is 9.47 Å². The van der Waals surface area contributed by atoms with Gasteiger partial charge in [-0.05, 0) is 35.4 Å². The van der Waals surface area contributed by atoms with Gasteiger partial charge in [0.25, 0.3) is 5.82 Å². The Morgan fingerprint density at radius 1 is 1.48 bits per heavy atom. The summed E-state index contributed by atoms with van der Waals surface area (Å²) in [5, 5.41) is 11.2.